The summed E-state index contributed by atoms with van der Waals surface area (Å²) < 4.78 is 11.3. The molecule has 210 valence electrons. The van der Waals surface area contributed by atoms with Gasteiger partial charge in [0.05, 0.1) is 19.6 Å². The normalized spacial score (nSPS) is 16.0. The van der Waals surface area contributed by atoms with Crippen LogP contribution in [0, 0.1) is 0 Å². The second kappa shape index (κ2) is 13.4. The number of morpholine rings is 1. The van der Waals surface area contributed by atoms with Crippen LogP contribution in [-0.4, -0.2) is 97.1 Å². The average molecular weight is 545 g/mol. The highest BCUT2D eigenvalue weighted by Gasteiger charge is 2.22. The van der Waals surface area contributed by atoms with Crippen molar-refractivity contribution in [2.24, 2.45) is 0 Å². The summed E-state index contributed by atoms with van der Waals surface area (Å²) in [5.41, 5.74) is 2.45. The molecule has 40 heavy (non-hydrogen) atoms. The highest BCUT2D eigenvalue weighted by molar-refractivity contribution is 5.94. The summed E-state index contributed by atoms with van der Waals surface area (Å²) in [6, 6.07) is 17.0. The number of aromatic nitrogens is 2. The summed E-state index contributed by atoms with van der Waals surface area (Å²) in [6.07, 6.45) is 2.08. The molecule has 3 aromatic rings. The van der Waals surface area contributed by atoms with E-state index < -0.39 is 0 Å². The lowest BCUT2D eigenvalue weighted by molar-refractivity contribution is -0.130. The molecule has 2 aliphatic heterocycles. The van der Waals surface area contributed by atoms with Gasteiger partial charge in [-0.05, 0) is 42.8 Å². The molecule has 2 aliphatic rings. The van der Waals surface area contributed by atoms with Gasteiger partial charge in [-0.15, -0.1) is 0 Å². The number of ketones is 1. The van der Waals surface area contributed by atoms with Crippen molar-refractivity contribution in [1.82, 2.24) is 19.8 Å². The third kappa shape index (κ3) is 7.55. The Kier molecular flexibility index (Phi) is 9.20. The third-order valence-electron chi connectivity index (χ3n) is 7.20. The molecule has 10 nitrogen and oxygen atoms in total. The van der Waals surface area contributed by atoms with Crippen molar-refractivity contribution in [1.29, 1.82) is 0 Å². The first-order chi connectivity index (χ1) is 19.5. The number of rotatable bonds is 10. The van der Waals surface area contributed by atoms with Gasteiger partial charge in [0.15, 0.2) is 5.78 Å². The average Bonchev–Trinajstić information content (AvgIpc) is 2.99. The SMILES string of the molecule is CC(=O)c1ccc(CC(=O)N2CCN(c3ccnc(Nc4ccc(OCCN5CCOCC5)cc4)n3)CC2)cc1. The van der Waals surface area contributed by atoms with Crippen LogP contribution in [0.15, 0.2) is 60.8 Å². The summed E-state index contributed by atoms with van der Waals surface area (Å²) in [4.78, 5) is 39.8. The minimum Gasteiger partial charge on any atom is -0.492 e. The number of nitrogens with one attached hydrogen (secondary N) is 1. The Bertz CT molecular complexity index is 1270. The lowest BCUT2D eigenvalue weighted by Crippen LogP contribution is -2.49. The van der Waals surface area contributed by atoms with Crippen molar-refractivity contribution in [3.8, 4) is 5.75 Å². The van der Waals surface area contributed by atoms with E-state index in [1.165, 1.54) is 0 Å². The van der Waals surface area contributed by atoms with E-state index in [1.54, 1.807) is 25.3 Å². The molecule has 0 atom stereocenters. The number of hydrogen-bond acceptors (Lipinski definition) is 9. The molecule has 0 unspecified atom stereocenters. The summed E-state index contributed by atoms with van der Waals surface area (Å²) >= 11 is 0. The number of hydrogen-bond donors (Lipinski definition) is 1. The predicted molar refractivity (Wildman–Crippen MR) is 153 cm³/mol. The summed E-state index contributed by atoms with van der Waals surface area (Å²) in [5, 5.41) is 3.27. The van der Waals surface area contributed by atoms with Gasteiger partial charge in [-0.2, -0.15) is 4.98 Å². The lowest BCUT2D eigenvalue weighted by atomic mass is 10.1. The van der Waals surface area contributed by atoms with Gasteiger partial charge in [0.2, 0.25) is 11.9 Å². The topological polar surface area (TPSA) is 100 Å². The molecule has 2 aromatic carbocycles. The molecule has 2 saturated heterocycles. The molecule has 10 heteroatoms. The zero-order valence-electron chi connectivity index (χ0n) is 22.9. The van der Waals surface area contributed by atoms with Crippen molar-refractivity contribution >= 4 is 29.1 Å². The van der Waals surface area contributed by atoms with Crippen LogP contribution in [-0.2, 0) is 16.0 Å². The van der Waals surface area contributed by atoms with Crippen molar-refractivity contribution in [2.75, 3.05) is 75.9 Å². The Labute approximate surface area is 234 Å². The van der Waals surface area contributed by atoms with Crippen molar-refractivity contribution in [2.45, 2.75) is 13.3 Å². The molecule has 2 fully saturated rings. The first kappa shape index (κ1) is 27.5. The highest BCUT2D eigenvalue weighted by Crippen LogP contribution is 2.21. The van der Waals surface area contributed by atoms with E-state index in [0.29, 0.717) is 50.7 Å². The van der Waals surface area contributed by atoms with E-state index in [9.17, 15) is 9.59 Å². The smallest absolute Gasteiger partial charge is 0.229 e. The van der Waals surface area contributed by atoms with Gasteiger partial charge in [-0.3, -0.25) is 14.5 Å². The Morgan fingerprint density at radius 3 is 2.35 bits per heavy atom. The number of carbonyl (C=O) groups excluding carboxylic acids is 2. The van der Waals surface area contributed by atoms with Crippen molar-refractivity contribution < 1.29 is 19.1 Å². The van der Waals surface area contributed by atoms with Crippen LogP contribution >= 0.6 is 0 Å². The third-order valence-corrected chi connectivity index (χ3v) is 7.20. The Balaban J connectivity index is 1.08. The summed E-state index contributed by atoms with van der Waals surface area (Å²) in [6.45, 7) is 9.22. The fraction of sp³-hybridized carbons (Fsp3) is 0.400. The van der Waals surface area contributed by atoms with Crippen LogP contribution in [0.1, 0.15) is 22.8 Å². The number of ether oxygens (including phenoxy) is 2. The molecular weight excluding hydrogens is 508 g/mol. The van der Waals surface area contributed by atoms with Crippen molar-refractivity contribution in [3.05, 3.63) is 71.9 Å². The maximum atomic E-state index is 12.8. The second-order valence-electron chi connectivity index (χ2n) is 9.99. The Morgan fingerprint density at radius 1 is 0.925 bits per heavy atom. The molecule has 0 aliphatic carbocycles. The largest absolute Gasteiger partial charge is 0.492 e. The van der Waals surface area contributed by atoms with E-state index >= 15 is 0 Å². The first-order valence-electron chi connectivity index (χ1n) is 13.8. The molecule has 0 radical (unpaired) electrons. The van der Waals surface area contributed by atoms with E-state index in [1.807, 2.05) is 47.4 Å². The molecule has 3 heterocycles. The molecule has 1 aromatic heterocycles. The number of Topliss-reactive ketones (excluding diaryl/α,β-unsaturated/α-hetero) is 1. The zero-order valence-corrected chi connectivity index (χ0v) is 22.9. The Hall–Kier alpha value is -4.02. The number of benzene rings is 2. The lowest BCUT2D eigenvalue weighted by Gasteiger charge is -2.35. The molecule has 0 spiro atoms. The van der Waals surface area contributed by atoms with Gasteiger partial charge in [0.25, 0.3) is 0 Å². The minimum absolute atomic E-state index is 0.0234. The predicted octanol–water partition coefficient (Wildman–Crippen LogP) is 3.03. The maximum absolute atomic E-state index is 12.8. The quantitative estimate of drug-likeness (QED) is 0.386. The van der Waals surface area contributed by atoms with Crippen LogP contribution in [0.5, 0.6) is 5.75 Å². The van der Waals surface area contributed by atoms with Crippen molar-refractivity contribution in [3.63, 3.8) is 0 Å². The number of nitrogens with zero attached hydrogens (tertiary/aromatic N) is 5. The zero-order chi connectivity index (χ0) is 27.7. The second-order valence-corrected chi connectivity index (χ2v) is 9.99. The highest BCUT2D eigenvalue weighted by atomic mass is 16.5. The number of carbonyl (C=O) groups is 2. The fourth-order valence-corrected chi connectivity index (χ4v) is 4.80. The van der Waals surface area contributed by atoms with E-state index in [0.717, 1.165) is 55.7 Å². The monoisotopic (exact) mass is 544 g/mol. The van der Waals surface area contributed by atoms with Gasteiger partial charge >= 0.3 is 0 Å². The van der Waals surface area contributed by atoms with Gasteiger partial charge in [0.1, 0.15) is 18.2 Å². The standard InChI is InChI=1S/C30H36N6O4/c1-23(37)25-4-2-24(3-5-25)22-29(38)36-14-12-35(13-15-36)28-10-11-31-30(33-28)32-26-6-8-27(9-7-26)40-21-18-34-16-19-39-20-17-34/h2-11H,12-22H2,1H3,(H,31,32,33). The van der Waals surface area contributed by atoms with E-state index in [-0.39, 0.29) is 11.7 Å². The summed E-state index contributed by atoms with van der Waals surface area (Å²) in [5.74, 6) is 2.29. The van der Waals surface area contributed by atoms with Crippen LogP contribution < -0.4 is 15.0 Å². The molecule has 0 bridgehead atoms. The molecule has 1 N–H and O–H groups in total. The van der Waals surface area contributed by atoms with Crippen LogP contribution in [0.3, 0.4) is 0 Å². The Morgan fingerprint density at radius 2 is 1.65 bits per heavy atom. The van der Waals surface area contributed by atoms with Gasteiger partial charge in [-0.1, -0.05) is 24.3 Å². The molecule has 5 rings (SSSR count). The van der Waals surface area contributed by atoms with E-state index in [2.05, 4.69) is 20.1 Å². The summed E-state index contributed by atoms with van der Waals surface area (Å²) in [7, 11) is 0. The van der Waals surface area contributed by atoms with E-state index in [4.69, 9.17) is 14.5 Å². The molecule has 1 amide bonds. The number of amides is 1. The minimum atomic E-state index is 0.0234. The van der Waals surface area contributed by atoms with Crippen LogP contribution in [0.25, 0.3) is 0 Å². The molecule has 0 saturated carbocycles. The van der Waals surface area contributed by atoms with Crippen LogP contribution in [0.2, 0.25) is 0 Å². The molecular formula is C30H36N6O4. The number of anilines is 3. The van der Waals surface area contributed by atoms with Gasteiger partial charge in [-0.25, -0.2) is 4.98 Å². The van der Waals surface area contributed by atoms with Gasteiger partial charge in [0, 0.05) is 63.3 Å². The fourth-order valence-electron chi connectivity index (χ4n) is 4.80. The van der Waals surface area contributed by atoms with Gasteiger partial charge < -0.3 is 24.6 Å². The van der Waals surface area contributed by atoms with Crippen LogP contribution in [0.4, 0.5) is 17.5 Å². The first-order valence-corrected chi connectivity index (χ1v) is 13.8. The number of piperazine rings is 1. The maximum Gasteiger partial charge on any atom is 0.229 e.